The van der Waals surface area contributed by atoms with Crippen LogP contribution in [0.3, 0.4) is 0 Å². The number of rotatable bonds is 2. The van der Waals surface area contributed by atoms with Crippen molar-refractivity contribution in [2.75, 3.05) is 6.54 Å². The fraction of sp³-hybridized carbons (Fsp3) is 0.375. The highest BCUT2D eigenvalue weighted by Crippen LogP contribution is 2.40. The van der Waals surface area contributed by atoms with Crippen molar-refractivity contribution in [2.45, 2.75) is 31.2 Å². The molecule has 2 atom stereocenters. The van der Waals surface area contributed by atoms with Gasteiger partial charge in [-0.25, -0.2) is 0 Å². The molecule has 1 saturated carbocycles. The number of ketones is 1. The van der Waals surface area contributed by atoms with Gasteiger partial charge in [-0.3, -0.25) is 9.59 Å². The fourth-order valence-corrected chi connectivity index (χ4v) is 3.37. The van der Waals surface area contributed by atoms with E-state index in [1.54, 1.807) is 11.0 Å². The molecule has 3 heteroatoms. The first-order chi connectivity index (χ1) is 9.24. The molecule has 19 heavy (non-hydrogen) atoms. The predicted molar refractivity (Wildman–Crippen MR) is 73.1 cm³/mol. The van der Waals surface area contributed by atoms with Crippen molar-refractivity contribution in [3.63, 3.8) is 0 Å². The van der Waals surface area contributed by atoms with Gasteiger partial charge >= 0.3 is 0 Å². The van der Waals surface area contributed by atoms with Crippen molar-refractivity contribution < 1.29 is 9.59 Å². The lowest BCUT2D eigenvalue weighted by atomic mass is 9.74. The van der Waals surface area contributed by atoms with Crippen molar-refractivity contribution in [1.82, 2.24) is 4.90 Å². The van der Waals surface area contributed by atoms with Crippen molar-refractivity contribution >= 4 is 11.7 Å². The van der Waals surface area contributed by atoms with Crippen LogP contribution in [-0.4, -0.2) is 29.2 Å². The number of amides is 1. The Kier molecular flexibility index (Phi) is 2.97. The van der Waals surface area contributed by atoms with Crippen LogP contribution >= 0.6 is 0 Å². The Labute approximate surface area is 112 Å². The highest BCUT2D eigenvalue weighted by molar-refractivity contribution is 6.02. The third-order valence-corrected chi connectivity index (χ3v) is 4.16. The molecule has 1 aromatic carbocycles. The SMILES string of the molecule is C=CCN1C(=O)c2ccccc2[C@H]2CCCC(=O)[C@@H]21. The van der Waals surface area contributed by atoms with Crippen LogP contribution in [0.2, 0.25) is 0 Å². The molecule has 0 aromatic heterocycles. The van der Waals surface area contributed by atoms with E-state index in [2.05, 4.69) is 6.58 Å². The van der Waals surface area contributed by atoms with Crippen LogP contribution in [0, 0.1) is 0 Å². The van der Waals surface area contributed by atoms with Crippen molar-refractivity contribution in [3.8, 4) is 0 Å². The molecule has 1 heterocycles. The molecule has 2 aliphatic rings. The monoisotopic (exact) mass is 255 g/mol. The first kappa shape index (κ1) is 12.2. The number of fused-ring (bicyclic) bond motifs is 3. The van der Waals surface area contributed by atoms with Crippen LogP contribution in [0.4, 0.5) is 0 Å². The lowest BCUT2D eigenvalue weighted by Crippen LogP contribution is -2.53. The molecular formula is C16H17NO2. The lowest BCUT2D eigenvalue weighted by molar-refractivity contribution is -0.126. The smallest absolute Gasteiger partial charge is 0.255 e. The van der Waals surface area contributed by atoms with Crippen LogP contribution in [0.5, 0.6) is 0 Å². The van der Waals surface area contributed by atoms with Crippen LogP contribution < -0.4 is 0 Å². The minimum absolute atomic E-state index is 0.0352. The zero-order valence-electron chi connectivity index (χ0n) is 10.8. The molecule has 1 aliphatic heterocycles. The van der Waals surface area contributed by atoms with E-state index < -0.39 is 0 Å². The zero-order chi connectivity index (χ0) is 13.4. The number of carbonyl (C=O) groups excluding carboxylic acids is 2. The second-order valence-electron chi connectivity index (χ2n) is 5.24. The third-order valence-electron chi connectivity index (χ3n) is 4.16. The number of Topliss-reactive ketones (excluding diaryl/α,β-unsaturated/α-hetero) is 1. The molecule has 0 bridgehead atoms. The molecule has 1 aromatic rings. The summed E-state index contributed by atoms with van der Waals surface area (Å²) in [7, 11) is 0. The first-order valence-corrected chi connectivity index (χ1v) is 6.77. The molecule has 0 radical (unpaired) electrons. The Morgan fingerprint density at radius 2 is 2.11 bits per heavy atom. The quantitative estimate of drug-likeness (QED) is 0.761. The molecule has 3 nitrogen and oxygen atoms in total. The normalized spacial score (nSPS) is 25.8. The maximum Gasteiger partial charge on any atom is 0.255 e. The molecule has 1 aliphatic carbocycles. The average molecular weight is 255 g/mol. The van der Waals surface area contributed by atoms with Crippen LogP contribution in [0.1, 0.15) is 41.1 Å². The standard InChI is InChI=1S/C16H17NO2/c1-2-10-17-15-12(8-5-9-14(15)18)11-6-3-4-7-13(11)16(17)19/h2-4,6-7,12,15H,1,5,8-10H2/t12-,15-/m1/s1. The van der Waals surface area contributed by atoms with E-state index in [-0.39, 0.29) is 23.7 Å². The summed E-state index contributed by atoms with van der Waals surface area (Å²) in [6.45, 7) is 4.15. The Hall–Kier alpha value is -1.90. The van der Waals surface area contributed by atoms with Crippen LogP contribution in [-0.2, 0) is 4.79 Å². The highest BCUT2D eigenvalue weighted by atomic mass is 16.2. The summed E-state index contributed by atoms with van der Waals surface area (Å²) < 4.78 is 0. The number of carbonyl (C=O) groups is 2. The van der Waals surface area contributed by atoms with Gasteiger partial charge in [-0.05, 0) is 24.5 Å². The Bertz CT molecular complexity index is 549. The minimum Gasteiger partial charge on any atom is -0.324 e. The van der Waals surface area contributed by atoms with E-state index in [1.807, 2.05) is 24.3 Å². The predicted octanol–water partition coefficient (Wildman–Crippen LogP) is 2.53. The second kappa shape index (κ2) is 4.65. The maximum absolute atomic E-state index is 12.5. The van der Waals surface area contributed by atoms with E-state index in [9.17, 15) is 9.59 Å². The molecule has 0 saturated heterocycles. The second-order valence-corrected chi connectivity index (χ2v) is 5.24. The van der Waals surface area contributed by atoms with Gasteiger partial charge in [0.25, 0.3) is 5.91 Å². The van der Waals surface area contributed by atoms with Gasteiger partial charge in [-0.15, -0.1) is 6.58 Å². The summed E-state index contributed by atoms with van der Waals surface area (Å²) in [5, 5.41) is 0. The van der Waals surface area contributed by atoms with Gasteiger partial charge in [0.15, 0.2) is 5.78 Å². The molecule has 98 valence electrons. The molecule has 1 amide bonds. The Balaban J connectivity index is 2.12. The lowest BCUT2D eigenvalue weighted by Gasteiger charge is -2.43. The minimum atomic E-state index is -0.283. The topological polar surface area (TPSA) is 37.4 Å². The first-order valence-electron chi connectivity index (χ1n) is 6.77. The van der Waals surface area contributed by atoms with E-state index >= 15 is 0 Å². The Morgan fingerprint density at radius 3 is 2.89 bits per heavy atom. The van der Waals surface area contributed by atoms with Crippen molar-refractivity contribution in [2.24, 2.45) is 0 Å². The Morgan fingerprint density at radius 1 is 1.32 bits per heavy atom. The largest absolute Gasteiger partial charge is 0.324 e. The summed E-state index contributed by atoms with van der Waals surface area (Å²) in [6, 6.07) is 7.41. The van der Waals surface area contributed by atoms with Gasteiger partial charge in [-0.1, -0.05) is 24.3 Å². The summed E-state index contributed by atoms with van der Waals surface area (Å²) in [4.78, 5) is 26.5. The van der Waals surface area contributed by atoms with E-state index in [0.29, 0.717) is 13.0 Å². The molecule has 1 fully saturated rings. The molecule has 3 rings (SSSR count). The number of benzene rings is 1. The third kappa shape index (κ3) is 1.81. The average Bonchev–Trinajstić information content (AvgIpc) is 2.44. The summed E-state index contributed by atoms with van der Waals surface area (Å²) in [6.07, 6.45) is 4.19. The van der Waals surface area contributed by atoms with Gasteiger partial charge in [0.2, 0.25) is 0 Å². The van der Waals surface area contributed by atoms with Crippen molar-refractivity contribution in [3.05, 3.63) is 48.0 Å². The van der Waals surface area contributed by atoms with Gasteiger partial charge < -0.3 is 4.90 Å². The van der Waals surface area contributed by atoms with Gasteiger partial charge in [-0.2, -0.15) is 0 Å². The fourth-order valence-electron chi connectivity index (χ4n) is 3.37. The zero-order valence-corrected chi connectivity index (χ0v) is 10.8. The van der Waals surface area contributed by atoms with E-state index in [1.165, 1.54) is 0 Å². The van der Waals surface area contributed by atoms with Crippen LogP contribution in [0.15, 0.2) is 36.9 Å². The number of hydrogen-bond acceptors (Lipinski definition) is 2. The van der Waals surface area contributed by atoms with Crippen molar-refractivity contribution in [1.29, 1.82) is 0 Å². The summed E-state index contributed by atoms with van der Waals surface area (Å²) in [5.41, 5.74) is 1.80. The summed E-state index contributed by atoms with van der Waals surface area (Å²) in [5.74, 6) is 0.322. The number of hydrogen-bond donors (Lipinski definition) is 0. The maximum atomic E-state index is 12.5. The van der Waals surface area contributed by atoms with Gasteiger partial charge in [0.05, 0.1) is 6.04 Å². The number of nitrogens with zero attached hydrogens (tertiary/aromatic N) is 1. The summed E-state index contributed by atoms with van der Waals surface area (Å²) >= 11 is 0. The van der Waals surface area contributed by atoms with Gasteiger partial charge in [0.1, 0.15) is 0 Å². The molecule has 0 unspecified atom stereocenters. The van der Waals surface area contributed by atoms with E-state index in [0.717, 1.165) is 24.0 Å². The van der Waals surface area contributed by atoms with E-state index in [4.69, 9.17) is 0 Å². The molecular weight excluding hydrogens is 238 g/mol. The highest BCUT2D eigenvalue weighted by Gasteiger charge is 2.44. The van der Waals surface area contributed by atoms with Crippen LogP contribution in [0.25, 0.3) is 0 Å². The molecule has 0 N–H and O–H groups in total. The van der Waals surface area contributed by atoms with Gasteiger partial charge in [0, 0.05) is 24.4 Å². The molecule has 0 spiro atoms.